The highest BCUT2D eigenvalue weighted by Gasteiger charge is 2.35. The third-order valence-corrected chi connectivity index (χ3v) is 4.35. The van der Waals surface area contributed by atoms with E-state index < -0.39 is 15.6 Å². The molecule has 10 heteroatoms. The van der Waals surface area contributed by atoms with Crippen LogP contribution in [0.2, 0.25) is 0 Å². The number of hydrogen-bond acceptors (Lipinski definition) is 6. The van der Waals surface area contributed by atoms with Crippen LogP contribution in [-0.4, -0.2) is 23.0 Å². The van der Waals surface area contributed by atoms with Gasteiger partial charge in [0.1, 0.15) is 0 Å². The lowest BCUT2D eigenvalue weighted by Gasteiger charge is -2.17. The molecule has 5 N–H and O–H groups in total. The van der Waals surface area contributed by atoms with Crippen LogP contribution in [0.3, 0.4) is 0 Å². The van der Waals surface area contributed by atoms with Crippen LogP contribution in [0, 0.1) is 0 Å². The van der Waals surface area contributed by atoms with Crippen LogP contribution in [0.1, 0.15) is 39.5 Å². The Hall–Kier alpha value is 0.220. The summed E-state index contributed by atoms with van der Waals surface area (Å²) in [6, 6.07) is 0. The summed E-state index contributed by atoms with van der Waals surface area (Å²) in [4.78, 5) is 17.2. The topological polar surface area (TPSA) is 137 Å². The lowest BCUT2D eigenvalue weighted by molar-refractivity contribution is 0.137. The molecule has 0 aromatic rings. The van der Waals surface area contributed by atoms with E-state index in [1.165, 1.54) is 0 Å². The molecule has 0 aliphatic rings. The monoisotopic (exact) mass is 307 g/mol. The molecule has 0 heterocycles. The van der Waals surface area contributed by atoms with E-state index in [2.05, 4.69) is 4.31 Å². The standard InChI is InChI=1S/C8H20O7P2.H3N/c1-3-5-7-13-17(12,14-8-6-4-2)15-16(9,10)11;/h3-8H2,1-2H3,(H2,9,10,11);1H3. The zero-order valence-electron chi connectivity index (χ0n) is 10.8. The molecule has 0 bridgehead atoms. The molecule has 0 amide bonds. The third kappa shape index (κ3) is 11.3. The Morgan fingerprint density at radius 1 is 0.944 bits per heavy atom. The molecule has 0 aliphatic heterocycles. The van der Waals surface area contributed by atoms with Gasteiger partial charge in [-0.2, -0.15) is 4.31 Å². The van der Waals surface area contributed by atoms with Crippen molar-refractivity contribution in [3.05, 3.63) is 0 Å². The first-order valence-corrected chi connectivity index (χ1v) is 8.48. The zero-order valence-corrected chi connectivity index (χ0v) is 12.6. The van der Waals surface area contributed by atoms with Gasteiger partial charge in [-0.25, -0.2) is 9.13 Å². The van der Waals surface area contributed by atoms with E-state index in [0.717, 1.165) is 12.8 Å². The normalized spacial score (nSPS) is 12.2. The van der Waals surface area contributed by atoms with E-state index >= 15 is 0 Å². The van der Waals surface area contributed by atoms with E-state index in [1.807, 2.05) is 13.8 Å². The van der Waals surface area contributed by atoms with Crippen LogP contribution in [0.25, 0.3) is 0 Å². The largest absolute Gasteiger partial charge is 0.483 e. The van der Waals surface area contributed by atoms with Gasteiger partial charge in [0.15, 0.2) is 0 Å². The Balaban J connectivity index is 0. The average molecular weight is 307 g/mol. The summed E-state index contributed by atoms with van der Waals surface area (Å²) in [6.07, 6.45) is 2.80. The van der Waals surface area contributed by atoms with Crippen molar-refractivity contribution in [2.45, 2.75) is 39.5 Å². The van der Waals surface area contributed by atoms with Crippen molar-refractivity contribution in [2.75, 3.05) is 13.2 Å². The van der Waals surface area contributed by atoms with Crippen LogP contribution in [0.5, 0.6) is 0 Å². The predicted molar refractivity (Wildman–Crippen MR) is 67.5 cm³/mol. The highest BCUT2D eigenvalue weighted by molar-refractivity contribution is 7.61. The van der Waals surface area contributed by atoms with Gasteiger partial charge in [0.05, 0.1) is 13.2 Å². The predicted octanol–water partition coefficient (Wildman–Crippen LogP) is 3.00. The second kappa shape index (κ2) is 10.1. The molecule has 0 saturated heterocycles. The van der Waals surface area contributed by atoms with Crippen molar-refractivity contribution in [3.8, 4) is 0 Å². The molecular weight excluding hydrogens is 284 g/mol. The maximum Gasteiger partial charge on any atom is 0.483 e. The minimum Gasteiger partial charge on any atom is -0.344 e. The van der Waals surface area contributed by atoms with E-state index in [4.69, 9.17) is 18.8 Å². The molecule has 0 spiro atoms. The molecule has 0 radical (unpaired) electrons. The fourth-order valence-corrected chi connectivity index (χ4v) is 3.06. The van der Waals surface area contributed by atoms with Crippen LogP contribution >= 0.6 is 15.6 Å². The Kier molecular flexibility index (Phi) is 11.5. The molecule has 18 heavy (non-hydrogen) atoms. The zero-order chi connectivity index (χ0) is 13.4. The Morgan fingerprint density at radius 3 is 1.61 bits per heavy atom. The van der Waals surface area contributed by atoms with Gasteiger partial charge in [-0.15, -0.1) is 0 Å². The molecule has 0 fully saturated rings. The highest BCUT2D eigenvalue weighted by Crippen LogP contribution is 2.61. The summed E-state index contributed by atoms with van der Waals surface area (Å²) < 4.78 is 36.2. The van der Waals surface area contributed by atoms with Crippen LogP contribution in [0.15, 0.2) is 0 Å². The van der Waals surface area contributed by atoms with E-state index in [1.54, 1.807) is 0 Å². The molecule has 0 unspecified atom stereocenters. The Labute approximate surface area is 107 Å². The summed E-state index contributed by atoms with van der Waals surface area (Å²) in [5.41, 5.74) is 0. The van der Waals surface area contributed by atoms with Crippen molar-refractivity contribution >= 4 is 15.6 Å². The lowest BCUT2D eigenvalue weighted by Crippen LogP contribution is -2.01. The summed E-state index contributed by atoms with van der Waals surface area (Å²) >= 11 is 0. The summed E-state index contributed by atoms with van der Waals surface area (Å²) in [7, 11) is -9.06. The van der Waals surface area contributed by atoms with Crippen LogP contribution < -0.4 is 6.15 Å². The second-order valence-electron chi connectivity index (χ2n) is 3.39. The summed E-state index contributed by atoms with van der Waals surface area (Å²) in [6.45, 7) is 3.94. The van der Waals surface area contributed by atoms with Gasteiger partial charge in [-0.05, 0) is 12.8 Å². The summed E-state index contributed by atoms with van der Waals surface area (Å²) in [5.74, 6) is 0. The third-order valence-electron chi connectivity index (χ3n) is 1.70. The first kappa shape index (κ1) is 20.5. The van der Waals surface area contributed by atoms with Gasteiger partial charge in [0.25, 0.3) is 0 Å². The van der Waals surface area contributed by atoms with E-state index in [0.29, 0.717) is 12.8 Å². The van der Waals surface area contributed by atoms with Gasteiger partial charge in [0, 0.05) is 0 Å². The van der Waals surface area contributed by atoms with Crippen LogP contribution in [-0.2, 0) is 22.5 Å². The first-order valence-electron chi connectivity index (χ1n) is 5.49. The summed E-state index contributed by atoms with van der Waals surface area (Å²) in [5, 5.41) is 0. The second-order valence-corrected chi connectivity index (χ2v) is 6.44. The molecule has 0 aliphatic carbocycles. The van der Waals surface area contributed by atoms with Gasteiger partial charge in [-0.1, -0.05) is 26.7 Å². The maximum atomic E-state index is 11.8. The van der Waals surface area contributed by atoms with Crippen molar-refractivity contribution in [2.24, 2.45) is 0 Å². The van der Waals surface area contributed by atoms with Gasteiger partial charge < -0.3 is 15.9 Å². The fourth-order valence-electron chi connectivity index (χ4n) is 0.856. The number of hydrogen-bond donors (Lipinski definition) is 3. The van der Waals surface area contributed by atoms with Crippen molar-refractivity contribution in [1.82, 2.24) is 6.15 Å². The number of unbranched alkanes of at least 4 members (excludes halogenated alkanes) is 2. The molecule has 112 valence electrons. The van der Waals surface area contributed by atoms with Crippen molar-refractivity contribution in [3.63, 3.8) is 0 Å². The van der Waals surface area contributed by atoms with Crippen molar-refractivity contribution in [1.29, 1.82) is 0 Å². The molecule has 0 atom stereocenters. The minimum atomic E-state index is -4.90. The average Bonchev–Trinajstić information content (AvgIpc) is 2.15. The highest BCUT2D eigenvalue weighted by atomic mass is 31.3. The number of rotatable bonds is 10. The van der Waals surface area contributed by atoms with E-state index in [9.17, 15) is 9.13 Å². The number of phosphoric ester groups is 1. The van der Waals surface area contributed by atoms with E-state index in [-0.39, 0.29) is 19.4 Å². The quantitative estimate of drug-likeness (QED) is 0.413. The van der Waals surface area contributed by atoms with Crippen molar-refractivity contribution < 1.29 is 32.3 Å². The molecular formula is C8H23NO7P2. The SMILES string of the molecule is CCCCOP(=O)(OCCCC)OP(=O)(O)O.N. The number of phosphoric acid groups is 2. The fraction of sp³-hybridized carbons (Fsp3) is 1.00. The lowest BCUT2D eigenvalue weighted by atomic mass is 10.4. The molecule has 0 aromatic carbocycles. The molecule has 0 rings (SSSR count). The Bertz CT molecular complexity index is 279. The molecule has 0 saturated carbocycles. The first-order chi connectivity index (χ1) is 7.83. The minimum absolute atomic E-state index is 0. The van der Waals surface area contributed by atoms with Gasteiger partial charge >= 0.3 is 15.6 Å². The van der Waals surface area contributed by atoms with Crippen LogP contribution in [0.4, 0.5) is 0 Å². The molecule has 0 aromatic heterocycles. The molecule has 8 nitrogen and oxygen atoms in total. The smallest absolute Gasteiger partial charge is 0.344 e. The van der Waals surface area contributed by atoms with Gasteiger partial charge in [-0.3, -0.25) is 9.05 Å². The van der Waals surface area contributed by atoms with Gasteiger partial charge in [0.2, 0.25) is 0 Å². The maximum absolute atomic E-state index is 11.8. The Morgan fingerprint density at radius 2 is 1.33 bits per heavy atom.